The standard InChI is InChI=1S/C11H16N4O5S/c1-11(10(12)18)2-3-15(7-11)21(19,20)8-4-13-14(5-8)6-9(16)17/h4-5H,2-3,6-7H2,1H3,(H2,12,18)(H,16,17). The Balaban J connectivity index is 2.21. The van der Waals surface area contributed by atoms with Crippen LogP contribution in [0.3, 0.4) is 0 Å². The highest BCUT2D eigenvalue weighted by Crippen LogP contribution is 2.33. The Morgan fingerprint density at radius 3 is 2.71 bits per heavy atom. The molecule has 10 heteroatoms. The Labute approximate surface area is 121 Å². The first-order valence-corrected chi connectivity index (χ1v) is 7.63. The molecule has 1 aromatic rings. The van der Waals surface area contributed by atoms with Gasteiger partial charge in [0, 0.05) is 19.3 Å². The van der Waals surface area contributed by atoms with E-state index in [4.69, 9.17) is 10.8 Å². The maximum Gasteiger partial charge on any atom is 0.325 e. The number of carboxylic acid groups (broad SMARTS) is 1. The topological polar surface area (TPSA) is 136 Å². The molecule has 0 saturated carbocycles. The number of carbonyl (C=O) groups is 2. The molecule has 1 aromatic heterocycles. The Morgan fingerprint density at radius 2 is 2.19 bits per heavy atom. The molecule has 0 radical (unpaired) electrons. The highest BCUT2D eigenvalue weighted by atomic mass is 32.2. The number of hydrogen-bond acceptors (Lipinski definition) is 5. The van der Waals surface area contributed by atoms with Crippen molar-refractivity contribution in [3.05, 3.63) is 12.4 Å². The summed E-state index contributed by atoms with van der Waals surface area (Å²) in [5.41, 5.74) is 4.41. The molecule has 3 N–H and O–H groups in total. The summed E-state index contributed by atoms with van der Waals surface area (Å²) in [6, 6.07) is 0. The van der Waals surface area contributed by atoms with Crippen LogP contribution in [0, 0.1) is 5.41 Å². The Kier molecular flexibility index (Phi) is 3.76. The molecule has 2 rings (SSSR count). The van der Waals surface area contributed by atoms with Crippen molar-refractivity contribution in [3.8, 4) is 0 Å². The van der Waals surface area contributed by atoms with Gasteiger partial charge in [0.15, 0.2) is 0 Å². The molecule has 1 atom stereocenters. The minimum atomic E-state index is -3.81. The lowest BCUT2D eigenvalue weighted by molar-refractivity contribution is -0.137. The van der Waals surface area contributed by atoms with Gasteiger partial charge < -0.3 is 10.8 Å². The predicted octanol–water partition coefficient (Wildman–Crippen LogP) is -1.15. The maximum atomic E-state index is 12.4. The monoisotopic (exact) mass is 316 g/mol. The Hall–Kier alpha value is -1.94. The Morgan fingerprint density at radius 1 is 1.52 bits per heavy atom. The van der Waals surface area contributed by atoms with Crippen molar-refractivity contribution in [2.75, 3.05) is 13.1 Å². The molecular weight excluding hydrogens is 300 g/mol. The molecule has 21 heavy (non-hydrogen) atoms. The van der Waals surface area contributed by atoms with Crippen molar-refractivity contribution in [3.63, 3.8) is 0 Å². The van der Waals surface area contributed by atoms with Crippen LogP contribution in [0.5, 0.6) is 0 Å². The second kappa shape index (κ2) is 5.11. The molecule has 0 spiro atoms. The third-order valence-electron chi connectivity index (χ3n) is 3.58. The number of carbonyl (C=O) groups excluding carboxylic acids is 1. The molecule has 0 aromatic carbocycles. The van der Waals surface area contributed by atoms with E-state index in [1.165, 1.54) is 4.31 Å². The normalized spacial score (nSPS) is 23.3. The van der Waals surface area contributed by atoms with Crippen molar-refractivity contribution in [2.24, 2.45) is 11.1 Å². The molecule has 1 fully saturated rings. The summed E-state index contributed by atoms with van der Waals surface area (Å²) in [5.74, 6) is -1.66. The quantitative estimate of drug-likeness (QED) is 0.704. The predicted molar refractivity (Wildman–Crippen MR) is 70.5 cm³/mol. The summed E-state index contributed by atoms with van der Waals surface area (Å²) in [5, 5.41) is 12.4. The van der Waals surface area contributed by atoms with Gasteiger partial charge in [0.25, 0.3) is 0 Å². The molecular formula is C11H16N4O5S. The summed E-state index contributed by atoms with van der Waals surface area (Å²) in [7, 11) is -3.81. The van der Waals surface area contributed by atoms with Crippen LogP contribution in [0.15, 0.2) is 17.3 Å². The molecule has 0 aliphatic carbocycles. The molecule has 1 aliphatic rings. The summed E-state index contributed by atoms with van der Waals surface area (Å²) < 4.78 is 27.0. The number of carboxylic acids is 1. The smallest absolute Gasteiger partial charge is 0.325 e. The van der Waals surface area contributed by atoms with Crippen molar-refractivity contribution >= 4 is 21.9 Å². The van der Waals surface area contributed by atoms with Crippen LogP contribution in [0.1, 0.15) is 13.3 Å². The number of aliphatic carboxylic acids is 1. The van der Waals surface area contributed by atoms with E-state index in [1.807, 2.05) is 0 Å². The van der Waals surface area contributed by atoms with Gasteiger partial charge in [0.1, 0.15) is 11.4 Å². The first-order chi connectivity index (χ1) is 9.65. The lowest BCUT2D eigenvalue weighted by Crippen LogP contribution is -2.38. The van der Waals surface area contributed by atoms with Gasteiger partial charge in [0.05, 0.1) is 11.6 Å². The van der Waals surface area contributed by atoms with Crippen molar-refractivity contribution in [2.45, 2.75) is 24.8 Å². The number of amides is 1. The fourth-order valence-corrected chi connectivity index (χ4v) is 3.70. The molecule has 116 valence electrons. The van der Waals surface area contributed by atoms with Crippen LogP contribution < -0.4 is 5.73 Å². The Bertz CT molecular complexity index is 683. The van der Waals surface area contributed by atoms with Gasteiger partial charge in [0.2, 0.25) is 15.9 Å². The zero-order valence-electron chi connectivity index (χ0n) is 11.4. The molecule has 1 saturated heterocycles. The average Bonchev–Trinajstić information content (AvgIpc) is 2.96. The average molecular weight is 316 g/mol. The minimum Gasteiger partial charge on any atom is -0.480 e. The van der Waals surface area contributed by atoms with E-state index >= 15 is 0 Å². The summed E-state index contributed by atoms with van der Waals surface area (Å²) >= 11 is 0. The number of primary amides is 1. The van der Waals surface area contributed by atoms with E-state index in [9.17, 15) is 18.0 Å². The first-order valence-electron chi connectivity index (χ1n) is 6.19. The van der Waals surface area contributed by atoms with Gasteiger partial charge in [-0.05, 0) is 13.3 Å². The van der Waals surface area contributed by atoms with E-state index in [0.29, 0.717) is 6.42 Å². The third kappa shape index (κ3) is 2.90. The van der Waals surface area contributed by atoms with Crippen LogP contribution in [-0.2, 0) is 26.2 Å². The van der Waals surface area contributed by atoms with Gasteiger partial charge in [-0.15, -0.1) is 0 Å². The fourth-order valence-electron chi connectivity index (χ4n) is 2.18. The lowest BCUT2D eigenvalue weighted by Gasteiger charge is -2.20. The molecule has 0 bridgehead atoms. The van der Waals surface area contributed by atoms with Gasteiger partial charge >= 0.3 is 5.97 Å². The maximum absolute atomic E-state index is 12.4. The molecule has 9 nitrogen and oxygen atoms in total. The first kappa shape index (κ1) is 15.4. The second-order valence-corrected chi connectivity index (χ2v) is 7.22. The molecule has 2 heterocycles. The molecule has 1 aliphatic heterocycles. The summed E-state index contributed by atoms with van der Waals surface area (Å²) in [6.45, 7) is 1.40. The highest BCUT2D eigenvalue weighted by Gasteiger charge is 2.43. The van der Waals surface area contributed by atoms with Gasteiger partial charge in [-0.2, -0.15) is 9.40 Å². The van der Waals surface area contributed by atoms with Gasteiger partial charge in [-0.25, -0.2) is 8.42 Å². The summed E-state index contributed by atoms with van der Waals surface area (Å²) in [4.78, 5) is 21.8. The minimum absolute atomic E-state index is 0.00871. The summed E-state index contributed by atoms with van der Waals surface area (Å²) in [6.07, 6.45) is 2.60. The van der Waals surface area contributed by atoms with Crippen molar-refractivity contribution < 1.29 is 23.1 Å². The fraction of sp³-hybridized carbons (Fsp3) is 0.545. The van der Waals surface area contributed by atoms with Crippen molar-refractivity contribution in [1.82, 2.24) is 14.1 Å². The zero-order valence-corrected chi connectivity index (χ0v) is 12.2. The largest absolute Gasteiger partial charge is 0.480 e. The number of sulfonamides is 1. The van der Waals surface area contributed by atoms with E-state index in [0.717, 1.165) is 17.1 Å². The van der Waals surface area contributed by atoms with Crippen LogP contribution in [0.4, 0.5) is 0 Å². The number of rotatable bonds is 5. The van der Waals surface area contributed by atoms with E-state index in [1.54, 1.807) is 6.92 Å². The molecule has 1 amide bonds. The number of nitrogens with two attached hydrogens (primary N) is 1. The van der Waals surface area contributed by atoms with Crippen LogP contribution in [0.25, 0.3) is 0 Å². The second-order valence-electron chi connectivity index (χ2n) is 5.28. The van der Waals surface area contributed by atoms with Crippen LogP contribution in [0.2, 0.25) is 0 Å². The number of nitrogens with zero attached hydrogens (tertiary/aromatic N) is 3. The van der Waals surface area contributed by atoms with Gasteiger partial charge in [-0.1, -0.05) is 0 Å². The van der Waals surface area contributed by atoms with E-state index < -0.39 is 33.9 Å². The van der Waals surface area contributed by atoms with Crippen LogP contribution >= 0.6 is 0 Å². The number of aromatic nitrogens is 2. The lowest BCUT2D eigenvalue weighted by atomic mass is 9.89. The SMILES string of the molecule is CC1(C(N)=O)CCN(S(=O)(=O)c2cnn(CC(=O)O)c2)C1. The highest BCUT2D eigenvalue weighted by molar-refractivity contribution is 7.89. The van der Waals surface area contributed by atoms with Crippen LogP contribution in [-0.4, -0.2) is 52.6 Å². The van der Waals surface area contributed by atoms with Gasteiger partial charge in [-0.3, -0.25) is 14.3 Å². The van der Waals surface area contributed by atoms with E-state index in [-0.39, 0.29) is 18.0 Å². The molecule has 1 unspecified atom stereocenters. The van der Waals surface area contributed by atoms with E-state index in [2.05, 4.69) is 5.10 Å². The number of hydrogen-bond donors (Lipinski definition) is 2. The third-order valence-corrected chi connectivity index (χ3v) is 5.38. The zero-order chi connectivity index (χ0) is 15.8. The van der Waals surface area contributed by atoms with Crippen molar-refractivity contribution in [1.29, 1.82) is 0 Å².